The van der Waals surface area contributed by atoms with Crippen molar-refractivity contribution in [3.63, 3.8) is 0 Å². The average molecular weight is 333 g/mol. The Labute approximate surface area is 143 Å². The van der Waals surface area contributed by atoms with Crippen LogP contribution in [-0.4, -0.2) is 86.4 Å². The van der Waals surface area contributed by atoms with Crippen molar-refractivity contribution in [2.45, 2.75) is 6.92 Å². The molecule has 0 bridgehead atoms. The lowest BCUT2D eigenvalue weighted by Crippen LogP contribution is -2.55. The zero-order chi connectivity index (χ0) is 16.8. The predicted molar refractivity (Wildman–Crippen MR) is 92.5 cm³/mol. The Morgan fingerprint density at radius 2 is 1.62 bits per heavy atom. The van der Waals surface area contributed by atoms with Crippen LogP contribution in [0.5, 0.6) is 5.75 Å². The number of carbonyl (C=O) groups excluding carboxylic acids is 1. The molecule has 24 heavy (non-hydrogen) atoms. The number of carbonyl (C=O) groups is 1. The fourth-order valence-corrected chi connectivity index (χ4v) is 3.04. The molecule has 1 aromatic rings. The van der Waals surface area contributed by atoms with Crippen molar-refractivity contribution in [3.05, 3.63) is 29.8 Å². The largest absolute Gasteiger partial charge is 0.492 e. The lowest BCUT2D eigenvalue weighted by atomic mass is 10.2. The molecule has 1 aromatic carbocycles. The van der Waals surface area contributed by atoms with Gasteiger partial charge in [-0.25, -0.2) is 4.79 Å². The monoisotopic (exact) mass is 333 g/mol. The first-order valence-electron chi connectivity index (χ1n) is 8.76. The van der Waals surface area contributed by atoms with E-state index in [2.05, 4.69) is 24.0 Å². The van der Waals surface area contributed by atoms with Crippen LogP contribution >= 0.6 is 0 Å². The minimum absolute atomic E-state index is 0.161. The van der Waals surface area contributed by atoms with E-state index in [4.69, 9.17) is 9.47 Å². The predicted octanol–water partition coefficient (Wildman–Crippen LogP) is 1.44. The van der Waals surface area contributed by atoms with Crippen LogP contribution in [0.25, 0.3) is 0 Å². The molecule has 0 unspecified atom stereocenters. The summed E-state index contributed by atoms with van der Waals surface area (Å²) in [6, 6.07) is 8.30. The molecule has 2 amide bonds. The molecule has 2 fully saturated rings. The molecule has 0 aromatic heterocycles. The first-order chi connectivity index (χ1) is 11.7. The number of piperazine rings is 1. The maximum Gasteiger partial charge on any atom is 0.320 e. The molecule has 2 aliphatic rings. The first-order valence-corrected chi connectivity index (χ1v) is 8.76. The minimum atomic E-state index is 0.161. The summed E-state index contributed by atoms with van der Waals surface area (Å²) in [7, 11) is 0. The van der Waals surface area contributed by atoms with E-state index in [9.17, 15) is 4.79 Å². The summed E-state index contributed by atoms with van der Waals surface area (Å²) in [6.45, 7) is 9.79. The molecule has 132 valence electrons. The van der Waals surface area contributed by atoms with Crippen LogP contribution < -0.4 is 4.74 Å². The minimum Gasteiger partial charge on any atom is -0.492 e. The number of morpholine rings is 1. The summed E-state index contributed by atoms with van der Waals surface area (Å²) >= 11 is 0. The van der Waals surface area contributed by atoms with Gasteiger partial charge in [-0.05, 0) is 19.1 Å². The number of nitrogens with zero attached hydrogens (tertiary/aromatic N) is 3. The third-order valence-corrected chi connectivity index (χ3v) is 4.62. The highest BCUT2D eigenvalue weighted by Crippen LogP contribution is 2.12. The van der Waals surface area contributed by atoms with E-state index in [0.717, 1.165) is 38.5 Å². The summed E-state index contributed by atoms with van der Waals surface area (Å²) in [6.07, 6.45) is 0. The zero-order valence-electron chi connectivity index (χ0n) is 14.4. The van der Waals surface area contributed by atoms with Gasteiger partial charge in [-0.3, -0.25) is 4.90 Å². The van der Waals surface area contributed by atoms with Gasteiger partial charge in [0.15, 0.2) is 0 Å². The van der Waals surface area contributed by atoms with Gasteiger partial charge in [0, 0.05) is 45.8 Å². The van der Waals surface area contributed by atoms with Crippen LogP contribution in [0.2, 0.25) is 0 Å². The van der Waals surface area contributed by atoms with Gasteiger partial charge < -0.3 is 19.3 Å². The second-order valence-electron chi connectivity index (χ2n) is 6.37. The molecular formula is C18H27N3O3. The van der Waals surface area contributed by atoms with Crippen LogP contribution in [0.4, 0.5) is 4.79 Å². The van der Waals surface area contributed by atoms with E-state index in [1.165, 1.54) is 5.56 Å². The maximum atomic E-state index is 12.4. The Morgan fingerprint density at radius 1 is 1.00 bits per heavy atom. The number of amides is 2. The Bertz CT molecular complexity index is 521. The number of urea groups is 1. The maximum absolute atomic E-state index is 12.4. The molecule has 2 heterocycles. The summed E-state index contributed by atoms with van der Waals surface area (Å²) < 4.78 is 11.1. The van der Waals surface area contributed by atoms with Crippen LogP contribution in [0.1, 0.15) is 5.56 Å². The van der Waals surface area contributed by atoms with Crippen molar-refractivity contribution in [2.75, 3.05) is 65.6 Å². The average Bonchev–Trinajstić information content (AvgIpc) is 2.64. The number of benzene rings is 1. The smallest absolute Gasteiger partial charge is 0.320 e. The molecule has 0 radical (unpaired) electrons. The quantitative estimate of drug-likeness (QED) is 0.836. The van der Waals surface area contributed by atoms with Gasteiger partial charge in [0.25, 0.3) is 0 Å². The van der Waals surface area contributed by atoms with Crippen LogP contribution in [0.3, 0.4) is 0 Å². The van der Waals surface area contributed by atoms with E-state index in [1.54, 1.807) is 0 Å². The van der Waals surface area contributed by atoms with Crippen LogP contribution in [0.15, 0.2) is 24.3 Å². The first kappa shape index (κ1) is 17.0. The lowest BCUT2D eigenvalue weighted by Gasteiger charge is -2.38. The Kier molecular flexibility index (Phi) is 5.93. The number of ether oxygens (including phenoxy) is 2. The lowest BCUT2D eigenvalue weighted by molar-refractivity contribution is 0.0370. The van der Waals surface area contributed by atoms with Crippen molar-refractivity contribution in [3.8, 4) is 5.75 Å². The molecular weight excluding hydrogens is 306 g/mol. The normalized spacial score (nSPS) is 19.4. The summed E-state index contributed by atoms with van der Waals surface area (Å²) in [5.74, 6) is 0.918. The highest BCUT2D eigenvalue weighted by Gasteiger charge is 2.26. The second-order valence-corrected chi connectivity index (χ2v) is 6.37. The standard InChI is InChI=1S/C18H27N3O3/c1-16-2-4-17(5-3-16)24-15-10-19-6-8-20(9-7-19)18(22)21-11-13-23-14-12-21/h2-5H,6-15H2,1H3. The van der Waals surface area contributed by atoms with Gasteiger partial charge in [0.05, 0.1) is 13.2 Å². The van der Waals surface area contributed by atoms with E-state index >= 15 is 0 Å². The van der Waals surface area contributed by atoms with E-state index in [-0.39, 0.29) is 6.03 Å². The topological polar surface area (TPSA) is 45.2 Å². The van der Waals surface area contributed by atoms with Gasteiger partial charge in [-0.15, -0.1) is 0 Å². The third kappa shape index (κ3) is 4.61. The van der Waals surface area contributed by atoms with Crippen molar-refractivity contribution >= 4 is 6.03 Å². The molecule has 0 saturated carbocycles. The van der Waals surface area contributed by atoms with Gasteiger partial charge >= 0.3 is 6.03 Å². The third-order valence-electron chi connectivity index (χ3n) is 4.62. The highest BCUT2D eigenvalue weighted by molar-refractivity contribution is 5.74. The molecule has 2 aliphatic heterocycles. The number of hydrogen-bond donors (Lipinski definition) is 0. The van der Waals surface area contributed by atoms with Crippen LogP contribution in [-0.2, 0) is 4.74 Å². The van der Waals surface area contributed by atoms with Crippen molar-refractivity contribution in [2.24, 2.45) is 0 Å². The Balaban J connectivity index is 1.35. The van der Waals surface area contributed by atoms with E-state index in [1.807, 2.05) is 21.9 Å². The summed E-state index contributed by atoms with van der Waals surface area (Å²) in [4.78, 5) is 18.7. The van der Waals surface area contributed by atoms with E-state index < -0.39 is 0 Å². The van der Waals surface area contributed by atoms with Gasteiger partial charge in [-0.1, -0.05) is 17.7 Å². The van der Waals surface area contributed by atoms with Gasteiger partial charge in [0.1, 0.15) is 12.4 Å². The number of hydrogen-bond acceptors (Lipinski definition) is 4. The molecule has 0 spiro atoms. The summed E-state index contributed by atoms with van der Waals surface area (Å²) in [5, 5.41) is 0. The Morgan fingerprint density at radius 3 is 2.29 bits per heavy atom. The SMILES string of the molecule is Cc1ccc(OCCN2CCN(C(=O)N3CCOCC3)CC2)cc1. The zero-order valence-corrected chi connectivity index (χ0v) is 14.4. The molecule has 6 heteroatoms. The van der Waals surface area contributed by atoms with Crippen molar-refractivity contribution < 1.29 is 14.3 Å². The molecule has 0 aliphatic carbocycles. The number of rotatable bonds is 4. The molecule has 0 atom stereocenters. The highest BCUT2D eigenvalue weighted by atomic mass is 16.5. The summed E-state index contributed by atoms with van der Waals surface area (Å²) in [5.41, 5.74) is 1.24. The molecule has 3 rings (SSSR count). The van der Waals surface area contributed by atoms with Crippen molar-refractivity contribution in [1.29, 1.82) is 0 Å². The van der Waals surface area contributed by atoms with Crippen molar-refractivity contribution in [1.82, 2.24) is 14.7 Å². The fraction of sp³-hybridized carbons (Fsp3) is 0.611. The second kappa shape index (κ2) is 8.35. The van der Waals surface area contributed by atoms with Gasteiger partial charge in [-0.2, -0.15) is 0 Å². The fourth-order valence-electron chi connectivity index (χ4n) is 3.04. The molecule has 2 saturated heterocycles. The van der Waals surface area contributed by atoms with Crippen LogP contribution in [0, 0.1) is 6.92 Å². The molecule has 6 nitrogen and oxygen atoms in total. The Hall–Kier alpha value is -1.79. The van der Waals surface area contributed by atoms with E-state index in [0.29, 0.717) is 32.9 Å². The van der Waals surface area contributed by atoms with Gasteiger partial charge in [0.2, 0.25) is 0 Å². The molecule has 0 N–H and O–H groups in total. The number of aryl methyl sites for hydroxylation is 1.